The summed E-state index contributed by atoms with van der Waals surface area (Å²) in [6.45, 7) is 6.16. The van der Waals surface area contributed by atoms with E-state index in [9.17, 15) is 4.79 Å². The number of hydrogen-bond acceptors (Lipinski definition) is 4. The van der Waals surface area contributed by atoms with Crippen molar-refractivity contribution < 1.29 is 4.79 Å². The molecule has 1 fully saturated rings. The fraction of sp³-hybridized carbons (Fsp3) is 0.389. The summed E-state index contributed by atoms with van der Waals surface area (Å²) in [5, 5.41) is 2.92. The average Bonchev–Trinajstić information content (AvgIpc) is 2.57. The largest absolute Gasteiger partial charge is 0.356 e. The van der Waals surface area contributed by atoms with Gasteiger partial charge in [0.15, 0.2) is 0 Å². The summed E-state index contributed by atoms with van der Waals surface area (Å²) in [5.41, 5.74) is 2.17. The number of carbonyl (C=O) groups is 1. The SMILES string of the molecule is Cc1cc(Br)ccc1NC(=O)c1cc(N2CCCC(C)C2)ncn1. The van der Waals surface area contributed by atoms with Gasteiger partial charge in [-0.2, -0.15) is 0 Å². The number of aryl methyl sites for hydroxylation is 1. The summed E-state index contributed by atoms with van der Waals surface area (Å²) >= 11 is 3.43. The number of rotatable bonds is 3. The van der Waals surface area contributed by atoms with Crippen LogP contribution >= 0.6 is 15.9 Å². The fourth-order valence-corrected chi connectivity index (χ4v) is 3.47. The number of nitrogens with one attached hydrogen (secondary N) is 1. The van der Waals surface area contributed by atoms with Gasteiger partial charge in [0.1, 0.15) is 17.8 Å². The zero-order chi connectivity index (χ0) is 17.1. The molecule has 3 rings (SSSR count). The van der Waals surface area contributed by atoms with Gasteiger partial charge >= 0.3 is 0 Å². The minimum absolute atomic E-state index is 0.214. The molecular formula is C18H21BrN4O. The average molecular weight is 389 g/mol. The Balaban J connectivity index is 1.76. The lowest BCUT2D eigenvalue weighted by Crippen LogP contribution is -2.35. The smallest absolute Gasteiger partial charge is 0.274 e. The second-order valence-electron chi connectivity index (χ2n) is 6.37. The molecule has 2 heterocycles. The quantitative estimate of drug-likeness (QED) is 0.861. The molecule has 0 aliphatic carbocycles. The highest BCUT2D eigenvalue weighted by molar-refractivity contribution is 9.10. The summed E-state index contributed by atoms with van der Waals surface area (Å²) in [6, 6.07) is 7.53. The molecule has 1 saturated heterocycles. The Morgan fingerprint density at radius 3 is 2.92 bits per heavy atom. The van der Waals surface area contributed by atoms with Crippen molar-refractivity contribution in [1.29, 1.82) is 0 Å². The van der Waals surface area contributed by atoms with Gasteiger partial charge in [0.05, 0.1) is 0 Å². The van der Waals surface area contributed by atoms with Crippen LogP contribution < -0.4 is 10.2 Å². The first-order chi connectivity index (χ1) is 11.5. The highest BCUT2D eigenvalue weighted by atomic mass is 79.9. The van der Waals surface area contributed by atoms with E-state index in [1.54, 1.807) is 6.07 Å². The van der Waals surface area contributed by atoms with Gasteiger partial charge in [-0.15, -0.1) is 0 Å². The van der Waals surface area contributed by atoms with Crippen LogP contribution in [0, 0.1) is 12.8 Å². The van der Waals surface area contributed by atoms with E-state index < -0.39 is 0 Å². The zero-order valence-electron chi connectivity index (χ0n) is 13.9. The standard InChI is InChI=1S/C18H21BrN4O/c1-12-4-3-7-23(10-12)17-9-16(20-11-21-17)18(24)22-15-6-5-14(19)8-13(15)2/h5-6,8-9,11-12H,3-4,7,10H2,1-2H3,(H,22,24). The summed E-state index contributed by atoms with van der Waals surface area (Å²) < 4.78 is 0.988. The minimum Gasteiger partial charge on any atom is -0.356 e. The van der Waals surface area contributed by atoms with E-state index in [0.29, 0.717) is 11.6 Å². The molecule has 0 bridgehead atoms. The van der Waals surface area contributed by atoms with Crippen LogP contribution in [0.5, 0.6) is 0 Å². The molecule has 1 aliphatic rings. The molecule has 1 aromatic carbocycles. The van der Waals surface area contributed by atoms with Crippen LogP contribution in [0.4, 0.5) is 11.5 Å². The van der Waals surface area contributed by atoms with Gasteiger partial charge in [-0.05, 0) is 49.4 Å². The van der Waals surface area contributed by atoms with Crippen molar-refractivity contribution >= 4 is 33.3 Å². The number of amides is 1. The maximum atomic E-state index is 12.5. The molecule has 1 unspecified atom stereocenters. The topological polar surface area (TPSA) is 58.1 Å². The molecule has 6 heteroatoms. The number of benzene rings is 1. The van der Waals surface area contributed by atoms with E-state index in [2.05, 4.69) is 43.0 Å². The van der Waals surface area contributed by atoms with Crippen molar-refractivity contribution in [3.63, 3.8) is 0 Å². The van der Waals surface area contributed by atoms with Crippen LogP contribution in [-0.4, -0.2) is 29.0 Å². The van der Waals surface area contributed by atoms with E-state index in [4.69, 9.17) is 0 Å². The summed E-state index contributed by atoms with van der Waals surface area (Å²) in [7, 11) is 0. The van der Waals surface area contributed by atoms with Gasteiger partial charge in [-0.1, -0.05) is 22.9 Å². The van der Waals surface area contributed by atoms with Crippen molar-refractivity contribution in [2.24, 2.45) is 5.92 Å². The van der Waals surface area contributed by atoms with E-state index in [1.165, 1.54) is 12.7 Å². The molecule has 24 heavy (non-hydrogen) atoms. The highest BCUT2D eigenvalue weighted by Crippen LogP contribution is 2.23. The molecule has 1 atom stereocenters. The molecule has 1 N–H and O–H groups in total. The Kier molecular flexibility index (Phi) is 5.14. The number of aromatic nitrogens is 2. The molecule has 5 nitrogen and oxygen atoms in total. The Morgan fingerprint density at radius 2 is 2.17 bits per heavy atom. The number of carbonyl (C=O) groups excluding carboxylic acids is 1. The fourth-order valence-electron chi connectivity index (χ4n) is 3.00. The molecule has 126 valence electrons. The van der Waals surface area contributed by atoms with Gasteiger partial charge in [-0.3, -0.25) is 4.79 Å². The van der Waals surface area contributed by atoms with Gasteiger partial charge in [0.2, 0.25) is 0 Å². The summed E-state index contributed by atoms with van der Waals surface area (Å²) in [4.78, 5) is 23.2. The maximum absolute atomic E-state index is 12.5. The summed E-state index contributed by atoms with van der Waals surface area (Å²) in [6.07, 6.45) is 3.88. The van der Waals surface area contributed by atoms with Crippen LogP contribution in [0.1, 0.15) is 35.8 Å². The Morgan fingerprint density at radius 1 is 1.33 bits per heavy atom. The van der Waals surface area contributed by atoms with Crippen molar-refractivity contribution in [1.82, 2.24) is 9.97 Å². The van der Waals surface area contributed by atoms with Crippen LogP contribution in [0.15, 0.2) is 35.1 Å². The van der Waals surface area contributed by atoms with Crippen LogP contribution in [0.2, 0.25) is 0 Å². The van der Waals surface area contributed by atoms with Crippen molar-refractivity contribution in [3.05, 3.63) is 46.3 Å². The Bertz CT molecular complexity index is 750. The molecule has 2 aromatic rings. The number of piperidine rings is 1. The van der Waals surface area contributed by atoms with Crippen LogP contribution in [0.25, 0.3) is 0 Å². The van der Waals surface area contributed by atoms with E-state index in [1.807, 2.05) is 25.1 Å². The predicted octanol–water partition coefficient (Wildman–Crippen LogP) is 4.04. The third kappa shape index (κ3) is 3.93. The molecular weight excluding hydrogens is 368 g/mol. The lowest BCUT2D eigenvalue weighted by molar-refractivity contribution is 0.102. The number of halogens is 1. The van der Waals surface area contributed by atoms with E-state index in [-0.39, 0.29) is 5.91 Å². The van der Waals surface area contributed by atoms with E-state index >= 15 is 0 Å². The normalized spacial score (nSPS) is 17.6. The Labute approximate surface area is 150 Å². The molecule has 1 amide bonds. The maximum Gasteiger partial charge on any atom is 0.274 e. The monoisotopic (exact) mass is 388 g/mol. The molecule has 1 aromatic heterocycles. The first-order valence-corrected chi connectivity index (χ1v) is 8.97. The van der Waals surface area contributed by atoms with Gasteiger partial charge in [0.25, 0.3) is 5.91 Å². The number of hydrogen-bond donors (Lipinski definition) is 1. The first kappa shape index (κ1) is 16.9. The number of nitrogens with zero attached hydrogens (tertiary/aromatic N) is 3. The van der Waals surface area contributed by atoms with Gasteiger partial charge in [-0.25, -0.2) is 9.97 Å². The van der Waals surface area contributed by atoms with E-state index in [0.717, 1.165) is 41.1 Å². The Hall–Kier alpha value is -1.95. The molecule has 1 aliphatic heterocycles. The zero-order valence-corrected chi connectivity index (χ0v) is 15.5. The van der Waals surface area contributed by atoms with Gasteiger partial charge < -0.3 is 10.2 Å². The molecule has 0 spiro atoms. The second kappa shape index (κ2) is 7.30. The summed E-state index contributed by atoms with van der Waals surface area (Å²) in [5.74, 6) is 1.26. The predicted molar refractivity (Wildman–Crippen MR) is 99.5 cm³/mol. The minimum atomic E-state index is -0.214. The third-order valence-electron chi connectivity index (χ3n) is 4.30. The van der Waals surface area contributed by atoms with Crippen molar-refractivity contribution in [2.75, 3.05) is 23.3 Å². The van der Waals surface area contributed by atoms with Crippen LogP contribution in [0.3, 0.4) is 0 Å². The van der Waals surface area contributed by atoms with Gasteiger partial charge in [0, 0.05) is 29.3 Å². The van der Waals surface area contributed by atoms with Crippen LogP contribution in [-0.2, 0) is 0 Å². The van der Waals surface area contributed by atoms with Crippen molar-refractivity contribution in [2.45, 2.75) is 26.7 Å². The van der Waals surface area contributed by atoms with Crippen molar-refractivity contribution in [3.8, 4) is 0 Å². The third-order valence-corrected chi connectivity index (χ3v) is 4.80. The first-order valence-electron chi connectivity index (χ1n) is 8.17. The lowest BCUT2D eigenvalue weighted by atomic mass is 10.0. The number of anilines is 2. The molecule has 0 radical (unpaired) electrons. The highest BCUT2D eigenvalue weighted by Gasteiger charge is 2.19. The molecule has 0 saturated carbocycles. The lowest BCUT2D eigenvalue weighted by Gasteiger charge is -2.31. The second-order valence-corrected chi connectivity index (χ2v) is 7.28.